The third kappa shape index (κ3) is 4.70. The van der Waals surface area contributed by atoms with Crippen molar-refractivity contribution >= 4 is 29.0 Å². The van der Waals surface area contributed by atoms with Gasteiger partial charge in [-0.15, -0.1) is 10.2 Å². The first-order valence-electron chi connectivity index (χ1n) is 6.32. The zero-order chi connectivity index (χ0) is 15.1. The van der Waals surface area contributed by atoms with Gasteiger partial charge in [-0.1, -0.05) is 11.6 Å². The fourth-order valence-electron chi connectivity index (χ4n) is 1.56. The Morgan fingerprint density at radius 3 is 2.57 bits per heavy atom. The lowest BCUT2D eigenvalue weighted by Crippen LogP contribution is -2.15. The Labute approximate surface area is 127 Å². The Kier molecular flexibility index (Phi) is 5.48. The van der Waals surface area contributed by atoms with Gasteiger partial charge in [-0.2, -0.15) is 0 Å². The number of aromatic nitrogens is 2. The van der Waals surface area contributed by atoms with Crippen molar-refractivity contribution in [3.63, 3.8) is 0 Å². The highest BCUT2D eigenvalue weighted by Crippen LogP contribution is 2.14. The maximum atomic E-state index is 12.0. The molecule has 7 heteroatoms. The van der Waals surface area contributed by atoms with E-state index in [1.54, 1.807) is 43.5 Å². The van der Waals surface area contributed by atoms with Gasteiger partial charge in [0.25, 0.3) is 5.91 Å². The first-order valence-corrected chi connectivity index (χ1v) is 6.70. The van der Waals surface area contributed by atoms with Crippen LogP contribution in [-0.2, 0) is 4.74 Å². The number of nitrogens with zero attached hydrogens (tertiary/aromatic N) is 2. The summed E-state index contributed by atoms with van der Waals surface area (Å²) < 4.78 is 4.92. The maximum Gasteiger partial charge on any atom is 0.276 e. The average molecular weight is 307 g/mol. The van der Waals surface area contributed by atoms with Gasteiger partial charge in [-0.05, 0) is 36.4 Å². The van der Waals surface area contributed by atoms with Crippen LogP contribution in [0.5, 0.6) is 0 Å². The van der Waals surface area contributed by atoms with Crippen molar-refractivity contribution in [2.24, 2.45) is 0 Å². The summed E-state index contributed by atoms with van der Waals surface area (Å²) >= 11 is 5.78. The predicted octanol–water partition coefficient (Wildman–Crippen LogP) is 2.44. The van der Waals surface area contributed by atoms with Crippen LogP contribution in [0.25, 0.3) is 0 Å². The Balaban J connectivity index is 1.94. The predicted molar refractivity (Wildman–Crippen MR) is 81.8 cm³/mol. The summed E-state index contributed by atoms with van der Waals surface area (Å²) in [4.78, 5) is 12.0. The van der Waals surface area contributed by atoms with E-state index in [1.807, 2.05) is 0 Å². The number of rotatable bonds is 6. The number of benzene rings is 1. The molecule has 0 aliphatic carbocycles. The summed E-state index contributed by atoms with van der Waals surface area (Å²) in [5.41, 5.74) is 0.885. The van der Waals surface area contributed by atoms with Crippen LogP contribution in [-0.4, -0.2) is 36.4 Å². The van der Waals surface area contributed by atoms with Crippen LogP contribution in [0.3, 0.4) is 0 Å². The highest BCUT2D eigenvalue weighted by Gasteiger charge is 2.08. The number of carbonyl (C=O) groups is 1. The fraction of sp³-hybridized carbons (Fsp3) is 0.214. The molecule has 6 nitrogen and oxygen atoms in total. The maximum absolute atomic E-state index is 12.0. The Morgan fingerprint density at radius 1 is 1.19 bits per heavy atom. The first-order chi connectivity index (χ1) is 10.2. The second kappa shape index (κ2) is 7.56. The molecule has 2 N–H and O–H groups in total. The van der Waals surface area contributed by atoms with Crippen LogP contribution in [0.2, 0.25) is 5.02 Å². The van der Waals surface area contributed by atoms with E-state index in [2.05, 4.69) is 20.8 Å². The van der Waals surface area contributed by atoms with Crippen LogP contribution in [0, 0.1) is 0 Å². The van der Waals surface area contributed by atoms with Crippen molar-refractivity contribution in [3.8, 4) is 0 Å². The first kappa shape index (κ1) is 15.2. The molecule has 0 radical (unpaired) electrons. The zero-order valence-corrected chi connectivity index (χ0v) is 12.2. The molecule has 0 unspecified atom stereocenters. The lowest BCUT2D eigenvalue weighted by molar-refractivity contribution is 0.102. The van der Waals surface area contributed by atoms with Crippen LogP contribution < -0.4 is 10.6 Å². The van der Waals surface area contributed by atoms with Gasteiger partial charge >= 0.3 is 0 Å². The van der Waals surface area contributed by atoms with Gasteiger partial charge in [0.2, 0.25) is 0 Å². The highest BCUT2D eigenvalue weighted by molar-refractivity contribution is 6.30. The molecule has 2 aromatic rings. The number of halogens is 1. The average Bonchev–Trinajstić information content (AvgIpc) is 2.50. The molecule has 0 bridgehead atoms. The minimum absolute atomic E-state index is 0.238. The second-order valence-electron chi connectivity index (χ2n) is 4.18. The molecule has 2 rings (SSSR count). The summed E-state index contributed by atoms with van der Waals surface area (Å²) in [6.45, 7) is 1.20. The minimum Gasteiger partial charge on any atom is -0.383 e. The van der Waals surface area contributed by atoms with Gasteiger partial charge in [-0.3, -0.25) is 4.79 Å². The molecule has 1 amide bonds. The van der Waals surface area contributed by atoms with Gasteiger partial charge in [0, 0.05) is 24.4 Å². The van der Waals surface area contributed by atoms with Gasteiger partial charge in [0.1, 0.15) is 5.82 Å². The summed E-state index contributed by atoms with van der Waals surface area (Å²) in [5.74, 6) is 0.267. The molecule has 0 aliphatic rings. The topological polar surface area (TPSA) is 76.1 Å². The van der Waals surface area contributed by atoms with Gasteiger partial charge < -0.3 is 15.4 Å². The SMILES string of the molecule is COCCNc1ccc(C(=O)Nc2ccc(Cl)cc2)nn1. The highest BCUT2D eigenvalue weighted by atomic mass is 35.5. The molecule has 0 saturated carbocycles. The second-order valence-corrected chi connectivity index (χ2v) is 4.62. The van der Waals surface area contributed by atoms with E-state index in [0.29, 0.717) is 29.7 Å². The van der Waals surface area contributed by atoms with E-state index >= 15 is 0 Å². The molecule has 0 fully saturated rings. The largest absolute Gasteiger partial charge is 0.383 e. The molecule has 1 heterocycles. The summed E-state index contributed by atoms with van der Waals surface area (Å²) in [5, 5.41) is 14.2. The van der Waals surface area contributed by atoms with Crippen LogP contribution in [0.4, 0.5) is 11.5 Å². The third-order valence-corrected chi connectivity index (χ3v) is 2.86. The van der Waals surface area contributed by atoms with Crippen molar-refractivity contribution in [1.82, 2.24) is 10.2 Å². The molecule has 0 saturated heterocycles. The van der Waals surface area contributed by atoms with Crippen molar-refractivity contribution in [1.29, 1.82) is 0 Å². The lowest BCUT2D eigenvalue weighted by atomic mass is 10.3. The number of methoxy groups -OCH3 is 1. The van der Waals surface area contributed by atoms with Gasteiger partial charge in [-0.25, -0.2) is 0 Å². The molecule has 110 valence electrons. The number of hydrogen-bond donors (Lipinski definition) is 2. The smallest absolute Gasteiger partial charge is 0.276 e. The molecule has 1 aromatic carbocycles. The molecular formula is C14H15ClN4O2. The normalized spacial score (nSPS) is 10.2. The zero-order valence-electron chi connectivity index (χ0n) is 11.5. The Hall–Kier alpha value is -2.18. The molecule has 0 atom stereocenters. The van der Waals surface area contributed by atoms with Crippen molar-refractivity contribution in [2.75, 3.05) is 30.9 Å². The summed E-state index contributed by atoms with van der Waals surface area (Å²) in [6, 6.07) is 10.1. The number of carbonyl (C=O) groups excluding carboxylic acids is 1. The number of ether oxygens (including phenoxy) is 1. The standard InChI is InChI=1S/C14H15ClN4O2/c1-21-9-8-16-13-7-6-12(18-19-13)14(20)17-11-4-2-10(15)3-5-11/h2-7H,8-9H2,1H3,(H,16,19)(H,17,20). The van der Waals surface area contributed by atoms with Crippen LogP contribution >= 0.6 is 11.6 Å². The van der Waals surface area contributed by atoms with E-state index in [4.69, 9.17) is 16.3 Å². The molecule has 21 heavy (non-hydrogen) atoms. The van der Waals surface area contributed by atoms with E-state index < -0.39 is 0 Å². The molecule has 0 aliphatic heterocycles. The summed E-state index contributed by atoms with van der Waals surface area (Å²) in [6.07, 6.45) is 0. The van der Waals surface area contributed by atoms with Crippen LogP contribution in [0.15, 0.2) is 36.4 Å². The number of hydrogen-bond acceptors (Lipinski definition) is 5. The van der Waals surface area contributed by atoms with Crippen LogP contribution in [0.1, 0.15) is 10.5 Å². The van der Waals surface area contributed by atoms with Crippen molar-refractivity contribution in [2.45, 2.75) is 0 Å². The number of amides is 1. The Morgan fingerprint density at radius 2 is 1.95 bits per heavy atom. The van der Waals surface area contributed by atoms with E-state index in [1.165, 1.54) is 0 Å². The number of nitrogens with one attached hydrogen (secondary N) is 2. The van der Waals surface area contributed by atoms with Crippen molar-refractivity contribution < 1.29 is 9.53 Å². The molecule has 0 spiro atoms. The monoisotopic (exact) mass is 306 g/mol. The van der Waals surface area contributed by atoms with E-state index in [0.717, 1.165) is 0 Å². The minimum atomic E-state index is -0.326. The van der Waals surface area contributed by atoms with Crippen molar-refractivity contribution in [3.05, 3.63) is 47.1 Å². The van der Waals surface area contributed by atoms with Gasteiger partial charge in [0.15, 0.2) is 5.69 Å². The number of anilines is 2. The van der Waals surface area contributed by atoms with Gasteiger partial charge in [0.05, 0.1) is 6.61 Å². The molecule has 1 aromatic heterocycles. The van der Waals surface area contributed by atoms with E-state index in [-0.39, 0.29) is 11.6 Å². The Bertz CT molecular complexity index is 587. The quantitative estimate of drug-likeness (QED) is 0.802. The lowest BCUT2D eigenvalue weighted by Gasteiger charge is -2.06. The fourth-order valence-corrected chi connectivity index (χ4v) is 1.68. The summed E-state index contributed by atoms with van der Waals surface area (Å²) in [7, 11) is 1.62. The third-order valence-electron chi connectivity index (χ3n) is 2.61. The van der Waals surface area contributed by atoms with E-state index in [9.17, 15) is 4.79 Å². The molecular weight excluding hydrogens is 292 g/mol.